The van der Waals surface area contributed by atoms with Gasteiger partial charge in [-0.25, -0.2) is 0 Å². The number of benzene rings is 1. The van der Waals surface area contributed by atoms with Crippen LogP contribution in [-0.4, -0.2) is 37.6 Å². The van der Waals surface area contributed by atoms with Gasteiger partial charge in [0.25, 0.3) is 5.91 Å². The first-order valence-electron chi connectivity index (χ1n) is 7.21. The maximum Gasteiger partial charge on any atom is 0.260 e. The van der Waals surface area contributed by atoms with Crippen LogP contribution in [0.3, 0.4) is 0 Å². The van der Waals surface area contributed by atoms with E-state index in [4.69, 9.17) is 4.74 Å². The molecule has 0 aromatic heterocycles. The third-order valence-electron chi connectivity index (χ3n) is 4.07. The lowest BCUT2D eigenvalue weighted by Crippen LogP contribution is -2.36. The minimum atomic E-state index is 0.00796. The highest BCUT2D eigenvalue weighted by molar-refractivity contribution is 5.77. The highest BCUT2D eigenvalue weighted by Crippen LogP contribution is 2.33. The number of ether oxygens (including phenoxy) is 1. The van der Waals surface area contributed by atoms with Crippen LogP contribution in [0.1, 0.15) is 37.4 Å². The first-order valence-corrected chi connectivity index (χ1v) is 7.21. The van der Waals surface area contributed by atoms with Gasteiger partial charge in [0.1, 0.15) is 5.75 Å². The van der Waals surface area contributed by atoms with Gasteiger partial charge in [0.05, 0.1) is 0 Å². The molecule has 0 saturated carbocycles. The predicted octanol–water partition coefficient (Wildman–Crippen LogP) is 2.14. The second kappa shape index (κ2) is 6.27. The molecular weight excluding hydrogens is 252 g/mol. The Labute approximate surface area is 121 Å². The molecule has 110 valence electrons. The summed E-state index contributed by atoms with van der Waals surface area (Å²) in [6.45, 7) is 4.08. The fourth-order valence-electron chi connectivity index (χ4n) is 2.52. The Bertz CT molecular complexity index is 485. The molecule has 1 aromatic carbocycles. The van der Waals surface area contributed by atoms with Crippen molar-refractivity contribution in [1.29, 1.82) is 0 Å². The summed E-state index contributed by atoms with van der Waals surface area (Å²) in [5, 5.41) is 3.32. The van der Waals surface area contributed by atoms with Crippen molar-refractivity contribution in [2.24, 2.45) is 0 Å². The average Bonchev–Trinajstić information content (AvgIpc) is 2.85. The molecule has 1 unspecified atom stereocenters. The predicted molar refractivity (Wildman–Crippen MR) is 80.0 cm³/mol. The van der Waals surface area contributed by atoms with Crippen LogP contribution < -0.4 is 10.1 Å². The number of nitrogens with one attached hydrogen (secondary N) is 1. The summed E-state index contributed by atoms with van der Waals surface area (Å²) < 4.78 is 5.62. The summed E-state index contributed by atoms with van der Waals surface area (Å²) in [5.41, 5.74) is 2.68. The summed E-state index contributed by atoms with van der Waals surface area (Å²) in [6, 6.07) is 6.78. The maximum absolute atomic E-state index is 11.9. The number of hydrogen-bond acceptors (Lipinski definition) is 3. The van der Waals surface area contributed by atoms with Crippen molar-refractivity contribution < 1.29 is 9.53 Å². The molecule has 4 nitrogen and oxygen atoms in total. The molecule has 1 aliphatic rings. The van der Waals surface area contributed by atoms with E-state index in [2.05, 4.69) is 17.4 Å². The van der Waals surface area contributed by atoms with E-state index in [9.17, 15) is 4.79 Å². The monoisotopic (exact) mass is 276 g/mol. The van der Waals surface area contributed by atoms with Crippen LogP contribution in [-0.2, 0) is 11.2 Å². The van der Waals surface area contributed by atoms with Gasteiger partial charge in [-0.3, -0.25) is 4.79 Å². The average molecular weight is 276 g/mol. The van der Waals surface area contributed by atoms with E-state index in [0.717, 1.165) is 18.6 Å². The minimum absolute atomic E-state index is 0.00796. The number of likely N-dealkylation sites (N-methyl/N-ethyl adjacent to an activating group) is 1. The van der Waals surface area contributed by atoms with Crippen molar-refractivity contribution in [2.45, 2.75) is 38.8 Å². The molecule has 2 rings (SSSR count). The lowest BCUT2D eigenvalue weighted by Gasteiger charge is -2.21. The zero-order chi connectivity index (χ0) is 14.7. The van der Waals surface area contributed by atoms with Gasteiger partial charge in [0, 0.05) is 19.1 Å². The van der Waals surface area contributed by atoms with E-state index >= 15 is 0 Å². The lowest BCUT2D eigenvalue weighted by molar-refractivity contribution is -0.133. The molecule has 0 aliphatic heterocycles. The van der Waals surface area contributed by atoms with Crippen LogP contribution in [0.2, 0.25) is 0 Å². The van der Waals surface area contributed by atoms with Crippen molar-refractivity contribution in [2.75, 3.05) is 20.7 Å². The molecule has 0 radical (unpaired) electrons. The highest BCUT2D eigenvalue weighted by Gasteiger charge is 2.21. The van der Waals surface area contributed by atoms with Gasteiger partial charge in [-0.2, -0.15) is 0 Å². The van der Waals surface area contributed by atoms with Crippen molar-refractivity contribution in [1.82, 2.24) is 10.2 Å². The molecule has 0 heterocycles. The second-order valence-corrected chi connectivity index (χ2v) is 5.63. The Morgan fingerprint density at radius 2 is 2.25 bits per heavy atom. The maximum atomic E-state index is 11.9. The van der Waals surface area contributed by atoms with Crippen molar-refractivity contribution in [3.63, 3.8) is 0 Å². The van der Waals surface area contributed by atoms with Gasteiger partial charge in [-0.15, -0.1) is 0 Å². The molecule has 0 saturated heterocycles. The van der Waals surface area contributed by atoms with E-state index in [-0.39, 0.29) is 18.6 Å². The van der Waals surface area contributed by atoms with E-state index in [1.807, 2.05) is 27.0 Å². The normalized spacial score (nSPS) is 17.1. The molecule has 1 N–H and O–H groups in total. The van der Waals surface area contributed by atoms with Crippen LogP contribution in [0.5, 0.6) is 5.75 Å². The summed E-state index contributed by atoms with van der Waals surface area (Å²) in [5.74, 6) is 0.791. The van der Waals surface area contributed by atoms with Crippen LogP contribution >= 0.6 is 0 Å². The number of fused-ring (bicyclic) bond motifs is 1. The van der Waals surface area contributed by atoms with Crippen molar-refractivity contribution in [3.8, 4) is 5.75 Å². The molecule has 1 atom stereocenters. The standard InChI is InChI=1S/C16H24N2O2/c1-11(2)18(4)16(19)10-20-13-6-7-14-12(9-13)5-8-15(14)17-3/h6-7,9,11,15,17H,5,8,10H2,1-4H3. The number of amides is 1. The molecule has 1 aromatic rings. The summed E-state index contributed by atoms with van der Waals surface area (Å²) in [4.78, 5) is 13.6. The van der Waals surface area contributed by atoms with Gasteiger partial charge in [0.2, 0.25) is 0 Å². The smallest absolute Gasteiger partial charge is 0.260 e. The number of hydrogen-bond donors (Lipinski definition) is 1. The zero-order valence-corrected chi connectivity index (χ0v) is 12.8. The highest BCUT2D eigenvalue weighted by atomic mass is 16.5. The summed E-state index contributed by atoms with van der Waals surface area (Å²) in [7, 11) is 3.79. The third-order valence-corrected chi connectivity index (χ3v) is 4.07. The molecule has 4 heteroatoms. The Morgan fingerprint density at radius 1 is 1.50 bits per heavy atom. The first kappa shape index (κ1) is 14.9. The minimum Gasteiger partial charge on any atom is -0.484 e. The molecule has 0 spiro atoms. The van der Waals surface area contributed by atoms with E-state index in [0.29, 0.717) is 6.04 Å². The van der Waals surface area contributed by atoms with Crippen LogP contribution in [0.25, 0.3) is 0 Å². The second-order valence-electron chi connectivity index (χ2n) is 5.63. The van der Waals surface area contributed by atoms with Crippen LogP contribution in [0.4, 0.5) is 0 Å². The zero-order valence-electron chi connectivity index (χ0n) is 12.8. The van der Waals surface area contributed by atoms with Crippen molar-refractivity contribution in [3.05, 3.63) is 29.3 Å². The Balaban J connectivity index is 1.97. The molecule has 0 bridgehead atoms. The topological polar surface area (TPSA) is 41.6 Å². The largest absolute Gasteiger partial charge is 0.484 e. The SMILES string of the molecule is CNC1CCc2cc(OCC(=O)N(C)C(C)C)ccc21. The number of rotatable bonds is 5. The van der Waals surface area contributed by atoms with Crippen LogP contribution in [0.15, 0.2) is 18.2 Å². The third kappa shape index (κ3) is 3.12. The lowest BCUT2D eigenvalue weighted by atomic mass is 10.1. The van der Waals surface area contributed by atoms with Crippen molar-refractivity contribution >= 4 is 5.91 Å². The van der Waals surface area contributed by atoms with Gasteiger partial charge in [-0.1, -0.05) is 6.07 Å². The molecular formula is C16H24N2O2. The molecule has 0 fully saturated rings. The number of nitrogens with zero attached hydrogens (tertiary/aromatic N) is 1. The van der Waals surface area contributed by atoms with E-state index in [1.165, 1.54) is 11.1 Å². The van der Waals surface area contributed by atoms with Gasteiger partial charge in [-0.05, 0) is 57.0 Å². The summed E-state index contributed by atoms with van der Waals surface area (Å²) in [6.07, 6.45) is 2.20. The van der Waals surface area contributed by atoms with Gasteiger partial charge < -0.3 is 15.0 Å². The molecule has 1 aliphatic carbocycles. The summed E-state index contributed by atoms with van der Waals surface area (Å²) >= 11 is 0. The first-order chi connectivity index (χ1) is 9.52. The Kier molecular flexibility index (Phi) is 4.65. The fourth-order valence-corrected chi connectivity index (χ4v) is 2.52. The Hall–Kier alpha value is -1.55. The number of carbonyl (C=O) groups is 1. The molecule has 20 heavy (non-hydrogen) atoms. The molecule has 1 amide bonds. The van der Waals surface area contributed by atoms with E-state index in [1.54, 1.807) is 11.9 Å². The quantitative estimate of drug-likeness (QED) is 0.896. The fraction of sp³-hybridized carbons (Fsp3) is 0.562. The van der Waals surface area contributed by atoms with Crippen LogP contribution in [0, 0.1) is 0 Å². The number of carbonyl (C=O) groups excluding carboxylic acids is 1. The number of aryl methyl sites for hydroxylation is 1. The van der Waals surface area contributed by atoms with E-state index < -0.39 is 0 Å². The Morgan fingerprint density at radius 3 is 2.90 bits per heavy atom. The van der Waals surface area contributed by atoms with Gasteiger partial charge >= 0.3 is 0 Å². The van der Waals surface area contributed by atoms with Gasteiger partial charge in [0.15, 0.2) is 6.61 Å².